The molecule has 31 heavy (non-hydrogen) atoms. The second kappa shape index (κ2) is 8.67. The summed E-state index contributed by atoms with van der Waals surface area (Å²) in [4.78, 5) is 4.58. The van der Waals surface area contributed by atoms with E-state index in [1.54, 1.807) is 12.1 Å². The first kappa shape index (κ1) is 21.3. The molecule has 4 aromatic rings. The van der Waals surface area contributed by atoms with Crippen LogP contribution < -0.4 is 9.88 Å². The van der Waals surface area contributed by atoms with Crippen molar-refractivity contribution in [1.29, 1.82) is 0 Å². The summed E-state index contributed by atoms with van der Waals surface area (Å²) in [5.41, 5.74) is 4.74. The predicted octanol–water partition coefficient (Wildman–Crippen LogP) is 5.13. The molecule has 0 aliphatic carbocycles. The normalized spacial score (nSPS) is 11.6. The van der Waals surface area contributed by atoms with E-state index in [1.807, 2.05) is 61.7 Å². The first-order valence-electron chi connectivity index (χ1n) is 9.72. The average molecular weight is 453 g/mol. The third kappa shape index (κ3) is 4.71. The van der Waals surface area contributed by atoms with Crippen LogP contribution in [-0.4, -0.2) is 20.0 Å². The summed E-state index contributed by atoms with van der Waals surface area (Å²) in [5, 5.41) is 6.82. The summed E-state index contributed by atoms with van der Waals surface area (Å²) in [5.74, 6) is 0.728. The molecule has 1 aromatic heterocycles. The molecule has 3 aromatic carbocycles. The maximum Gasteiger partial charge on any atom is 0.238 e. The van der Waals surface area contributed by atoms with Crippen molar-refractivity contribution < 1.29 is 13.2 Å². The second-order valence-corrected chi connectivity index (χ2v) is 9.24. The molecular formula is C24H21ClN2O3S. The van der Waals surface area contributed by atoms with E-state index in [-0.39, 0.29) is 4.90 Å². The number of fused-ring (bicyclic) bond motifs is 1. The van der Waals surface area contributed by atoms with Gasteiger partial charge < -0.3 is 4.74 Å². The highest BCUT2D eigenvalue weighted by Gasteiger charge is 2.12. The summed E-state index contributed by atoms with van der Waals surface area (Å²) < 4.78 is 29.0. The molecule has 0 fully saturated rings. The largest absolute Gasteiger partial charge is 0.493 e. The molecule has 0 amide bonds. The molecule has 0 radical (unpaired) electrons. The van der Waals surface area contributed by atoms with Crippen molar-refractivity contribution in [3.05, 3.63) is 89.1 Å². The Hall–Kier alpha value is -2.93. The lowest BCUT2D eigenvalue weighted by atomic mass is 9.97. The van der Waals surface area contributed by atoms with Gasteiger partial charge in [0.05, 0.1) is 22.0 Å². The fourth-order valence-electron chi connectivity index (χ4n) is 3.58. The van der Waals surface area contributed by atoms with Gasteiger partial charge in [-0.1, -0.05) is 48.0 Å². The maximum absolute atomic E-state index is 11.5. The van der Waals surface area contributed by atoms with Gasteiger partial charge in [0.1, 0.15) is 5.75 Å². The summed E-state index contributed by atoms with van der Waals surface area (Å²) >= 11 is 6.33. The van der Waals surface area contributed by atoms with Crippen molar-refractivity contribution in [2.45, 2.75) is 18.2 Å². The minimum atomic E-state index is -3.72. The number of nitrogens with zero attached hydrogens (tertiary/aromatic N) is 1. The Labute approximate surface area is 186 Å². The van der Waals surface area contributed by atoms with Gasteiger partial charge in [0, 0.05) is 18.0 Å². The lowest BCUT2D eigenvalue weighted by molar-refractivity contribution is 0.322. The van der Waals surface area contributed by atoms with Gasteiger partial charge >= 0.3 is 0 Å². The molecule has 0 atom stereocenters. The summed E-state index contributed by atoms with van der Waals surface area (Å²) in [6.07, 6.45) is 2.38. The number of primary sulfonamides is 1. The Morgan fingerprint density at radius 2 is 1.81 bits per heavy atom. The van der Waals surface area contributed by atoms with E-state index in [0.29, 0.717) is 18.1 Å². The molecule has 0 aliphatic rings. The fraction of sp³-hybridized carbons (Fsp3) is 0.125. The smallest absolute Gasteiger partial charge is 0.238 e. The standard InChI is InChI=1S/C24H21ClN2O3S/c1-16-15-27-24-21(9-4-10-22(24)25)23(16)18-6-3-7-19(14-18)30-12-11-17-5-2-8-20(13-17)31(26,28)29/h2-10,13-15H,11-12H2,1H3,(H2,26,28,29). The predicted molar refractivity (Wildman–Crippen MR) is 124 cm³/mol. The third-order valence-corrected chi connectivity index (χ3v) is 6.26. The number of para-hydroxylation sites is 1. The Morgan fingerprint density at radius 1 is 1.03 bits per heavy atom. The van der Waals surface area contributed by atoms with E-state index in [0.717, 1.165) is 38.9 Å². The van der Waals surface area contributed by atoms with Crippen molar-refractivity contribution in [3.8, 4) is 16.9 Å². The van der Waals surface area contributed by atoms with Crippen LogP contribution in [-0.2, 0) is 16.4 Å². The first-order chi connectivity index (χ1) is 14.8. The summed E-state index contributed by atoms with van der Waals surface area (Å²) in [6.45, 7) is 2.42. The van der Waals surface area contributed by atoms with Crippen LogP contribution in [0.4, 0.5) is 0 Å². The van der Waals surface area contributed by atoms with E-state index in [9.17, 15) is 8.42 Å². The molecule has 0 aliphatic heterocycles. The van der Waals surface area contributed by atoms with Crippen LogP contribution >= 0.6 is 11.6 Å². The van der Waals surface area contributed by atoms with Gasteiger partial charge in [-0.05, 0) is 59.5 Å². The fourth-order valence-corrected chi connectivity index (χ4v) is 4.38. The number of hydrogen-bond acceptors (Lipinski definition) is 4. The number of pyridine rings is 1. The first-order valence-corrected chi connectivity index (χ1v) is 11.6. The minimum Gasteiger partial charge on any atom is -0.493 e. The van der Waals surface area contributed by atoms with Gasteiger partial charge in [-0.3, -0.25) is 4.98 Å². The average Bonchev–Trinajstić information content (AvgIpc) is 2.74. The molecule has 5 nitrogen and oxygen atoms in total. The van der Waals surface area contributed by atoms with E-state index < -0.39 is 10.0 Å². The monoisotopic (exact) mass is 452 g/mol. The van der Waals surface area contributed by atoms with Crippen molar-refractivity contribution >= 4 is 32.5 Å². The zero-order valence-electron chi connectivity index (χ0n) is 16.9. The zero-order chi connectivity index (χ0) is 22.0. The Kier molecular flexibility index (Phi) is 5.96. The molecule has 7 heteroatoms. The number of aromatic nitrogens is 1. The van der Waals surface area contributed by atoms with Gasteiger partial charge in [-0.25, -0.2) is 13.6 Å². The van der Waals surface area contributed by atoms with E-state index >= 15 is 0 Å². The number of aryl methyl sites for hydroxylation is 1. The third-order valence-electron chi connectivity index (χ3n) is 5.05. The molecule has 158 valence electrons. The lowest BCUT2D eigenvalue weighted by Gasteiger charge is -2.13. The number of ether oxygens (including phenoxy) is 1. The highest BCUT2D eigenvalue weighted by molar-refractivity contribution is 7.89. The molecule has 0 spiro atoms. The quantitative estimate of drug-likeness (QED) is 0.439. The molecular weight excluding hydrogens is 432 g/mol. The van der Waals surface area contributed by atoms with Crippen LogP contribution in [0, 0.1) is 6.92 Å². The number of rotatable bonds is 6. The maximum atomic E-state index is 11.5. The van der Waals surface area contributed by atoms with Gasteiger partial charge in [-0.2, -0.15) is 0 Å². The second-order valence-electron chi connectivity index (χ2n) is 7.27. The van der Waals surface area contributed by atoms with Crippen LogP contribution in [0.25, 0.3) is 22.0 Å². The van der Waals surface area contributed by atoms with E-state index in [2.05, 4.69) is 4.98 Å². The van der Waals surface area contributed by atoms with Crippen molar-refractivity contribution in [2.75, 3.05) is 6.61 Å². The zero-order valence-corrected chi connectivity index (χ0v) is 18.5. The minimum absolute atomic E-state index is 0.102. The van der Waals surface area contributed by atoms with Crippen molar-refractivity contribution in [3.63, 3.8) is 0 Å². The molecule has 0 bridgehead atoms. The van der Waals surface area contributed by atoms with Gasteiger partial charge in [0.15, 0.2) is 0 Å². The number of benzene rings is 3. The highest BCUT2D eigenvalue weighted by atomic mass is 35.5. The molecule has 0 saturated heterocycles. The van der Waals surface area contributed by atoms with Gasteiger partial charge in [0.2, 0.25) is 10.0 Å². The summed E-state index contributed by atoms with van der Waals surface area (Å²) in [6, 6.07) is 20.2. The Balaban J connectivity index is 1.56. The molecule has 1 heterocycles. The number of nitrogens with two attached hydrogens (primary N) is 1. The van der Waals surface area contributed by atoms with Crippen LogP contribution in [0.1, 0.15) is 11.1 Å². The SMILES string of the molecule is Cc1cnc2c(Cl)cccc2c1-c1cccc(OCCc2cccc(S(N)(=O)=O)c2)c1. The molecule has 0 saturated carbocycles. The lowest BCUT2D eigenvalue weighted by Crippen LogP contribution is -2.12. The van der Waals surface area contributed by atoms with E-state index in [1.165, 1.54) is 6.07 Å². The van der Waals surface area contributed by atoms with Crippen molar-refractivity contribution in [1.82, 2.24) is 4.98 Å². The molecule has 0 unspecified atom stereocenters. The van der Waals surface area contributed by atoms with Crippen molar-refractivity contribution in [2.24, 2.45) is 5.14 Å². The summed E-state index contributed by atoms with van der Waals surface area (Å²) in [7, 11) is -3.72. The van der Waals surface area contributed by atoms with Crippen LogP contribution in [0.15, 0.2) is 77.8 Å². The van der Waals surface area contributed by atoms with E-state index in [4.69, 9.17) is 21.5 Å². The number of sulfonamides is 1. The van der Waals surface area contributed by atoms with Crippen LogP contribution in [0.2, 0.25) is 5.02 Å². The van der Waals surface area contributed by atoms with Crippen LogP contribution in [0.5, 0.6) is 5.75 Å². The highest BCUT2D eigenvalue weighted by Crippen LogP contribution is 2.34. The van der Waals surface area contributed by atoms with Crippen LogP contribution in [0.3, 0.4) is 0 Å². The van der Waals surface area contributed by atoms with Gasteiger partial charge in [0.25, 0.3) is 0 Å². The molecule has 2 N–H and O–H groups in total. The molecule has 4 rings (SSSR count). The van der Waals surface area contributed by atoms with Gasteiger partial charge in [-0.15, -0.1) is 0 Å². The topological polar surface area (TPSA) is 82.3 Å². The number of hydrogen-bond donors (Lipinski definition) is 1. The number of halogens is 1. The Bertz CT molecular complexity index is 1370. The Morgan fingerprint density at radius 3 is 2.61 bits per heavy atom.